The van der Waals surface area contributed by atoms with Gasteiger partial charge >= 0.3 is 0 Å². The van der Waals surface area contributed by atoms with Crippen molar-refractivity contribution in [2.75, 3.05) is 64.2 Å². The smallest absolute Gasteiger partial charge is 0.227 e. The predicted octanol–water partition coefficient (Wildman–Crippen LogP) is 3.08. The molecule has 0 atom stereocenters. The third-order valence-corrected chi connectivity index (χ3v) is 5.69. The number of aromatic nitrogens is 2. The number of para-hydroxylation sites is 1. The monoisotopic (exact) mass is 443 g/mol. The molecule has 31 heavy (non-hydrogen) atoms. The molecule has 2 N–H and O–H groups in total. The summed E-state index contributed by atoms with van der Waals surface area (Å²) >= 11 is 6.14. The van der Waals surface area contributed by atoms with E-state index in [9.17, 15) is 0 Å². The molecule has 164 valence electrons. The summed E-state index contributed by atoms with van der Waals surface area (Å²) in [5, 5.41) is 1.38. The van der Waals surface area contributed by atoms with Crippen LogP contribution in [0, 0.1) is 0 Å². The topological polar surface area (TPSA) is 86.0 Å². The van der Waals surface area contributed by atoms with Crippen molar-refractivity contribution in [3.8, 4) is 17.2 Å². The number of anilines is 2. The lowest BCUT2D eigenvalue weighted by Gasteiger charge is -2.34. The Morgan fingerprint density at radius 2 is 1.68 bits per heavy atom. The average molecular weight is 444 g/mol. The second kappa shape index (κ2) is 9.45. The molecule has 1 fully saturated rings. The van der Waals surface area contributed by atoms with Gasteiger partial charge in [-0.15, -0.1) is 0 Å². The molecule has 9 heteroatoms. The van der Waals surface area contributed by atoms with Gasteiger partial charge in [0.25, 0.3) is 0 Å². The molecule has 0 spiro atoms. The van der Waals surface area contributed by atoms with Gasteiger partial charge in [0.05, 0.1) is 24.8 Å². The summed E-state index contributed by atoms with van der Waals surface area (Å²) < 4.78 is 16.6. The Labute approximate surface area is 186 Å². The first kappa shape index (κ1) is 21.3. The Bertz CT molecular complexity index is 1060. The van der Waals surface area contributed by atoms with Crippen LogP contribution in [0.2, 0.25) is 5.02 Å². The van der Waals surface area contributed by atoms with Crippen molar-refractivity contribution in [3.05, 3.63) is 41.4 Å². The summed E-state index contributed by atoms with van der Waals surface area (Å²) in [5.74, 6) is 2.99. The van der Waals surface area contributed by atoms with E-state index in [0.717, 1.165) is 49.4 Å². The Balaban J connectivity index is 1.38. The fourth-order valence-electron chi connectivity index (χ4n) is 3.63. The minimum absolute atomic E-state index is 0.427. The summed E-state index contributed by atoms with van der Waals surface area (Å²) in [5.41, 5.74) is 6.96. The van der Waals surface area contributed by atoms with E-state index in [1.54, 1.807) is 14.2 Å². The number of ether oxygens (including phenoxy) is 3. The maximum Gasteiger partial charge on any atom is 0.227 e. The first-order valence-electron chi connectivity index (χ1n) is 10.1. The molecule has 1 aromatic heterocycles. The van der Waals surface area contributed by atoms with Gasteiger partial charge in [0, 0.05) is 44.2 Å². The summed E-state index contributed by atoms with van der Waals surface area (Å²) in [6.45, 7) is 4.81. The standard InChI is InChI=1S/C22H26ClN5O3/c1-29-19-13-15-17(14-20(19)30-2)25-22(26-21(15)24)28-9-7-27(8-10-28)11-12-31-18-6-4-3-5-16(18)23/h3-6,13-14H,7-12H2,1-2H3,(H2,24,25,26). The minimum atomic E-state index is 0.427. The van der Waals surface area contributed by atoms with Crippen LogP contribution in [0.4, 0.5) is 11.8 Å². The lowest BCUT2D eigenvalue weighted by atomic mass is 10.2. The molecule has 2 heterocycles. The summed E-state index contributed by atoms with van der Waals surface area (Å²) in [6.07, 6.45) is 0. The van der Waals surface area contributed by atoms with Crippen molar-refractivity contribution in [3.63, 3.8) is 0 Å². The molecule has 0 saturated carbocycles. The summed E-state index contributed by atoms with van der Waals surface area (Å²) in [4.78, 5) is 13.8. The lowest BCUT2D eigenvalue weighted by Crippen LogP contribution is -2.48. The van der Waals surface area contributed by atoms with Gasteiger partial charge in [-0.25, -0.2) is 4.98 Å². The molecule has 0 radical (unpaired) electrons. The van der Waals surface area contributed by atoms with Gasteiger partial charge in [-0.3, -0.25) is 4.90 Å². The first-order chi connectivity index (χ1) is 15.1. The number of nitrogen functional groups attached to an aromatic ring is 1. The largest absolute Gasteiger partial charge is 0.493 e. The Morgan fingerprint density at radius 3 is 2.39 bits per heavy atom. The molecule has 0 bridgehead atoms. The highest BCUT2D eigenvalue weighted by Gasteiger charge is 2.21. The maximum atomic E-state index is 6.23. The van der Waals surface area contributed by atoms with E-state index >= 15 is 0 Å². The van der Waals surface area contributed by atoms with E-state index in [-0.39, 0.29) is 0 Å². The van der Waals surface area contributed by atoms with Crippen molar-refractivity contribution in [2.45, 2.75) is 0 Å². The summed E-state index contributed by atoms with van der Waals surface area (Å²) in [7, 11) is 3.19. The lowest BCUT2D eigenvalue weighted by molar-refractivity contribution is 0.200. The maximum absolute atomic E-state index is 6.23. The number of rotatable bonds is 7. The van der Waals surface area contributed by atoms with Gasteiger partial charge < -0.3 is 24.8 Å². The van der Waals surface area contributed by atoms with Crippen LogP contribution in [-0.4, -0.2) is 68.4 Å². The molecule has 1 saturated heterocycles. The Morgan fingerprint density at radius 1 is 0.968 bits per heavy atom. The van der Waals surface area contributed by atoms with Crippen molar-refractivity contribution in [2.24, 2.45) is 0 Å². The number of hydrogen-bond donors (Lipinski definition) is 1. The third kappa shape index (κ3) is 4.70. The zero-order chi connectivity index (χ0) is 21.8. The number of fused-ring (bicyclic) bond motifs is 1. The number of benzene rings is 2. The molecule has 2 aromatic carbocycles. The van der Waals surface area contributed by atoms with E-state index < -0.39 is 0 Å². The van der Waals surface area contributed by atoms with Gasteiger partial charge in [-0.2, -0.15) is 4.98 Å². The van der Waals surface area contributed by atoms with Gasteiger partial charge in [0.1, 0.15) is 18.2 Å². The molecular formula is C22H26ClN5O3. The van der Waals surface area contributed by atoms with Gasteiger partial charge in [-0.05, 0) is 18.2 Å². The average Bonchev–Trinajstić information content (AvgIpc) is 2.80. The molecule has 0 amide bonds. The summed E-state index contributed by atoms with van der Waals surface area (Å²) in [6, 6.07) is 11.2. The van der Waals surface area contributed by atoms with Crippen molar-refractivity contribution >= 4 is 34.3 Å². The second-order valence-electron chi connectivity index (χ2n) is 7.24. The van der Waals surface area contributed by atoms with Crippen LogP contribution >= 0.6 is 11.6 Å². The van der Waals surface area contributed by atoms with Crippen LogP contribution in [0.15, 0.2) is 36.4 Å². The SMILES string of the molecule is COc1cc2nc(N3CCN(CCOc4ccccc4Cl)CC3)nc(N)c2cc1OC. The normalized spacial score (nSPS) is 14.6. The predicted molar refractivity (Wildman–Crippen MR) is 123 cm³/mol. The van der Waals surface area contributed by atoms with Crippen LogP contribution in [0.3, 0.4) is 0 Å². The molecular weight excluding hydrogens is 418 g/mol. The van der Waals surface area contributed by atoms with E-state index in [1.165, 1.54) is 0 Å². The molecule has 3 aromatic rings. The van der Waals surface area contributed by atoms with E-state index in [2.05, 4.69) is 14.8 Å². The highest BCUT2D eigenvalue weighted by molar-refractivity contribution is 6.32. The Hall–Kier alpha value is -2.97. The molecule has 0 aliphatic carbocycles. The van der Waals surface area contributed by atoms with E-state index in [1.807, 2.05) is 36.4 Å². The van der Waals surface area contributed by atoms with Crippen molar-refractivity contribution in [1.82, 2.24) is 14.9 Å². The van der Waals surface area contributed by atoms with Gasteiger partial charge in [0.2, 0.25) is 5.95 Å². The van der Waals surface area contributed by atoms with Crippen LogP contribution in [-0.2, 0) is 0 Å². The molecule has 8 nitrogen and oxygen atoms in total. The number of nitrogens with zero attached hydrogens (tertiary/aromatic N) is 4. The van der Waals surface area contributed by atoms with Gasteiger partial charge in [-0.1, -0.05) is 23.7 Å². The highest BCUT2D eigenvalue weighted by Crippen LogP contribution is 2.34. The first-order valence-corrected chi connectivity index (χ1v) is 10.5. The molecule has 1 aliphatic heterocycles. The third-order valence-electron chi connectivity index (χ3n) is 5.38. The minimum Gasteiger partial charge on any atom is -0.493 e. The second-order valence-corrected chi connectivity index (χ2v) is 7.65. The van der Waals surface area contributed by atoms with Crippen molar-refractivity contribution in [1.29, 1.82) is 0 Å². The Kier molecular flexibility index (Phi) is 6.48. The molecule has 1 aliphatic rings. The number of methoxy groups -OCH3 is 2. The molecule has 4 rings (SSSR count). The van der Waals surface area contributed by atoms with Crippen LogP contribution < -0.4 is 24.8 Å². The number of hydrogen-bond acceptors (Lipinski definition) is 8. The van der Waals surface area contributed by atoms with Crippen LogP contribution in [0.25, 0.3) is 10.9 Å². The van der Waals surface area contributed by atoms with Crippen LogP contribution in [0.1, 0.15) is 0 Å². The molecule has 0 unspecified atom stereocenters. The fourth-order valence-corrected chi connectivity index (χ4v) is 3.82. The zero-order valence-corrected chi connectivity index (χ0v) is 18.4. The number of halogens is 1. The zero-order valence-electron chi connectivity index (χ0n) is 17.7. The number of piperazine rings is 1. The quantitative estimate of drug-likeness (QED) is 0.596. The van der Waals surface area contributed by atoms with Gasteiger partial charge in [0.15, 0.2) is 11.5 Å². The van der Waals surface area contributed by atoms with E-state index in [0.29, 0.717) is 34.9 Å². The fraction of sp³-hybridized carbons (Fsp3) is 0.364. The van der Waals surface area contributed by atoms with Crippen LogP contribution in [0.5, 0.6) is 17.2 Å². The highest BCUT2D eigenvalue weighted by atomic mass is 35.5. The van der Waals surface area contributed by atoms with E-state index in [4.69, 9.17) is 36.5 Å². The van der Waals surface area contributed by atoms with Crippen molar-refractivity contribution < 1.29 is 14.2 Å². The number of nitrogens with two attached hydrogens (primary N) is 1.